The van der Waals surface area contributed by atoms with E-state index >= 15 is 0 Å². The molecule has 1 heterocycles. The molecule has 0 N–H and O–H groups in total. The molecule has 92 valence electrons. The minimum absolute atomic E-state index is 0.0778. The van der Waals surface area contributed by atoms with E-state index in [-0.39, 0.29) is 5.78 Å². The minimum Gasteiger partial charge on any atom is -0.295 e. The molecule has 0 aliphatic rings. The van der Waals surface area contributed by atoms with Crippen molar-refractivity contribution in [1.82, 2.24) is 9.97 Å². The summed E-state index contributed by atoms with van der Waals surface area (Å²) in [6.07, 6.45) is 1.83. The van der Waals surface area contributed by atoms with Crippen molar-refractivity contribution >= 4 is 17.5 Å². The Morgan fingerprint density at radius 3 is 2.39 bits per heavy atom. The van der Waals surface area contributed by atoms with Crippen LogP contribution in [0.3, 0.4) is 0 Å². The number of carbonyl (C=O) groups excluding carboxylic acids is 1. The van der Waals surface area contributed by atoms with E-state index in [0.29, 0.717) is 0 Å². The van der Waals surface area contributed by atoms with Crippen molar-refractivity contribution in [3.05, 3.63) is 47.3 Å². The largest absolute Gasteiger partial charge is 0.295 e. The zero-order chi connectivity index (χ0) is 13.1. The first-order chi connectivity index (χ1) is 8.56. The SMILES string of the molecule is CC(=O)c1ccc(Sc2ncc(C)c(C)n2)cc1. The van der Waals surface area contributed by atoms with E-state index in [1.165, 1.54) is 11.8 Å². The molecule has 1 aromatic carbocycles. The van der Waals surface area contributed by atoms with Crippen molar-refractivity contribution in [1.29, 1.82) is 0 Å². The maximum absolute atomic E-state index is 11.2. The molecule has 0 atom stereocenters. The van der Waals surface area contributed by atoms with E-state index in [2.05, 4.69) is 9.97 Å². The molecule has 18 heavy (non-hydrogen) atoms. The van der Waals surface area contributed by atoms with Gasteiger partial charge in [-0.15, -0.1) is 0 Å². The van der Waals surface area contributed by atoms with Crippen LogP contribution in [0, 0.1) is 13.8 Å². The lowest BCUT2D eigenvalue weighted by Crippen LogP contribution is -1.93. The first kappa shape index (κ1) is 12.8. The van der Waals surface area contributed by atoms with Crippen LogP contribution in [0.5, 0.6) is 0 Å². The van der Waals surface area contributed by atoms with Gasteiger partial charge < -0.3 is 0 Å². The summed E-state index contributed by atoms with van der Waals surface area (Å²) in [5.74, 6) is 0.0778. The van der Waals surface area contributed by atoms with Crippen molar-refractivity contribution < 1.29 is 4.79 Å². The Labute approximate surface area is 111 Å². The molecule has 0 amide bonds. The standard InChI is InChI=1S/C14H14N2OS/c1-9-8-15-14(16-10(9)2)18-13-6-4-12(5-7-13)11(3)17/h4-8H,1-3H3. The van der Waals surface area contributed by atoms with E-state index in [1.54, 1.807) is 6.92 Å². The molecule has 2 rings (SSSR count). The average molecular weight is 258 g/mol. The van der Waals surface area contributed by atoms with Crippen LogP contribution in [-0.4, -0.2) is 15.8 Å². The van der Waals surface area contributed by atoms with Gasteiger partial charge in [0.05, 0.1) is 0 Å². The van der Waals surface area contributed by atoms with Crippen molar-refractivity contribution in [3.8, 4) is 0 Å². The Morgan fingerprint density at radius 1 is 1.17 bits per heavy atom. The van der Waals surface area contributed by atoms with E-state index in [9.17, 15) is 4.79 Å². The predicted octanol–water partition coefficient (Wildman–Crippen LogP) is 3.45. The summed E-state index contributed by atoms with van der Waals surface area (Å²) >= 11 is 1.50. The Morgan fingerprint density at radius 2 is 1.83 bits per heavy atom. The molecule has 0 saturated carbocycles. The Balaban J connectivity index is 2.18. The van der Waals surface area contributed by atoms with E-state index in [4.69, 9.17) is 0 Å². The van der Waals surface area contributed by atoms with Gasteiger partial charge in [0, 0.05) is 22.3 Å². The van der Waals surface area contributed by atoms with E-state index < -0.39 is 0 Å². The number of carbonyl (C=O) groups is 1. The summed E-state index contributed by atoms with van der Waals surface area (Å²) in [5, 5.41) is 0.730. The highest BCUT2D eigenvalue weighted by Crippen LogP contribution is 2.25. The van der Waals surface area contributed by atoms with Crippen LogP contribution >= 0.6 is 11.8 Å². The number of Topliss-reactive ketones (excluding diaryl/α,β-unsaturated/α-hetero) is 1. The summed E-state index contributed by atoms with van der Waals surface area (Å²) in [4.78, 5) is 20.9. The second-order valence-electron chi connectivity index (χ2n) is 4.10. The van der Waals surface area contributed by atoms with Crippen LogP contribution in [0.4, 0.5) is 0 Å². The van der Waals surface area contributed by atoms with Crippen LogP contribution in [0.15, 0.2) is 40.5 Å². The number of aryl methyl sites for hydroxylation is 2. The van der Waals surface area contributed by atoms with Crippen molar-refractivity contribution in [2.24, 2.45) is 0 Å². The number of hydrogen-bond donors (Lipinski definition) is 0. The van der Waals surface area contributed by atoms with Gasteiger partial charge >= 0.3 is 0 Å². The average Bonchev–Trinajstić information content (AvgIpc) is 2.34. The van der Waals surface area contributed by atoms with Crippen LogP contribution in [0.1, 0.15) is 28.5 Å². The first-order valence-corrected chi connectivity index (χ1v) is 6.47. The number of ketones is 1. The van der Waals surface area contributed by atoms with Gasteiger partial charge in [-0.2, -0.15) is 0 Å². The minimum atomic E-state index is 0.0778. The second-order valence-corrected chi connectivity index (χ2v) is 5.14. The van der Waals surface area contributed by atoms with Gasteiger partial charge in [-0.3, -0.25) is 4.79 Å². The zero-order valence-corrected chi connectivity index (χ0v) is 11.4. The number of nitrogens with zero attached hydrogens (tertiary/aromatic N) is 2. The highest BCUT2D eigenvalue weighted by molar-refractivity contribution is 7.99. The molecule has 3 nitrogen and oxygen atoms in total. The third kappa shape index (κ3) is 2.96. The molecule has 0 fully saturated rings. The molecule has 0 saturated heterocycles. The fraction of sp³-hybridized carbons (Fsp3) is 0.214. The molecule has 2 aromatic rings. The Bertz CT molecular complexity index is 579. The quantitative estimate of drug-likeness (QED) is 0.624. The van der Waals surface area contributed by atoms with Gasteiger partial charge in [-0.25, -0.2) is 9.97 Å². The summed E-state index contributed by atoms with van der Waals surface area (Å²) in [6.45, 7) is 5.53. The zero-order valence-electron chi connectivity index (χ0n) is 10.6. The number of benzene rings is 1. The lowest BCUT2D eigenvalue weighted by atomic mass is 10.2. The van der Waals surface area contributed by atoms with Crippen LogP contribution in [0.2, 0.25) is 0 Å². The maximum Gasteiger partial charge on any atom is 0.192 e. The molecule has 0 unspecified atom stereocenters. The van der Waals surface area contributed by atoms with E-state index in [1.807, 2.05) is 44.3 Å². The lowest BCUT2D eigenvalue weighted by molar-refractivity contribution is 0.101. The van der Waals surface area contributed by atoms with Gasteiger partial charge in [-0.1, -0.05) is 12.1 Å². The van der Waals surface area contributed by atoms with Crippen LogP contribution in [-0.2, 0) is 0 Å². The monoisotopic (exact) mass is 258 g/mol. The smallest absolute Gasteiger partial charge is 0.192 e. The van der Waals surface area contributed by atoms with Crippen molar-refractivity contribution in [3.63, 3.8) is 0 Å². The number of rotatable bonds is 3. The van der Waals surface area contributed by atoms with Gasteiger partial charge in [0.25, 0.3) is 0 Å². The molecule has 1 aromatic heterocycles. The van der Waals surface area contributed by atoms with Gasteiger partial charge in [0.15, 0.2) is 10.9 Å². The molecular formula is C14H14N2OS. The number of hydrogen-bond acceptors (Lipinski definition) is 4. The van der Waals surface area contributed by atoms with Crippen molar-refractivity contribution in [2.45, 2.75) is 30.8 Å². The van der Waals surface area contributed by atoms with E-state index in [0.717, 1.165) is 26.9 Å². The topological polar surface area (TPSA) is 42.9 Å². The third-order valence-corrected chi connectivity index (χ3v) is 3.56. The molecule has 0 spiro atoms. The lowest BCUT2D eigenvalue weighted by Gasteiger charge is -2.03. The molecule has 0 aliphatic heterocycles. The molecule has 0 radical (unpaired) electrons. The third-order valence-electron chi connectivity index (χ3n) is 2.67. The fourth-order valence-electron chi connectivity index (χ4n) is 1.42. The van der Waals surface area contributed by atoms with Crippen LogP contribution < -0.4 is 0 Å². The molecule has 4 heteroatoms. The van der Waals surface area contributed by atoms with Gasteiger partial charge in [-0.05, 0) is 50.2 Å². The Kier molecular flexibility index (Phi) is 3.77. The summed E-state index contributed by atoms with van der Waals surface area (Å²) < 4.78 is 0. The summed E-state index contributed by atoms with van der Waals surface area (Å²) in [7, 11) is 0. The molecular weight excluding hydrogens is 244 g/mol. The van der Waals surface area contributed by atoms with Gasteiger partial charge in [0.1, 0.15) is 0 Å². The maximum atomic E-state index is 11.2. The van der Waals surface area contributed by atoms with Crippen LogP contribution in [0.25, 0.3) is 0 Å². The predicted molar refractivity (Wildman–Crippen MR) is 72.1 cm³/mol. The molecule has 0 bridgehead atoms. The Hall–Kier alpha value is -1.68. The first-order valence-electron chi connectivity index (χ1n) is 5.65. The highest BCUT2D eigenvalue weighted by atomic mass is 32.2. The van der Waals surface area contributed by atoms with Gasteiger partial charge in [0.2, 0.25) is 0 Å². The number of aromatic nitrogens is 2. The van der Waals surface area contributed by atoms with Crippen molar-refractivity contribution in [2.75, 3.05) is 0 Å². The normalized spacial score (nSPS) is 10.4. The highest BCUT2D eigenvalue weighted by Gasteiger charge is 2.04. The fourth-order valence-corrected chi connectivity index (χ4v) is 2.19. The summed E-state index contributed by atoms with van der Waals surface area (Å²) in [5.41, 5.74) is 2.81. The second kappa shape index (κ2) is 5.31. The summed E-state index contributed by atoms with van der Waals surface area (Å²) in [6, 6.07) is 7.48. The molecule has 0 aliphatic carbocycles.